The standard InChI is InChI=1S/C13H10ClNO2S2/c14-11-2-1-5-15-13(11)19-8-10-6-9(7-18-10)3-4-12(16)17/h1-7H,8H2,(H,16,17). The SMILES string of the molecule is O=C(O)C=Cc1csc(CSc2ncccc2Cl)c1. The molecule has 0 amide bonds. The zero-order valence-corrected chi connectivity index (χ0v) is 12.1. The van der Waals surface area contributed by atoms with Crippen LogP contribution in [0.15, 0.2) is 40.9 Å². The molecule has 0 aliphatic rings. The first-order valence-corrected chi connectivity index (χ1v) is 7.61. The summed E-state index contributed by atoms with van der Waals surface area (Å²) in [6, 6.07) is 5.58. The minimum absolute atomic E-state index is 0.648. The minimum Gasteiger partial charge on any atom is -0.478 e. The van der Waals surface area contributed by atoms with Gasteiger partial charge in [-0.3, -0.25) is 0 Å². The molecule has 0 aliphatic carbocycles. The lowest BCUT2D eigenvalue weighted by Gasteiger charge is -2.00. The maximum Gasteiger partial charge on any atom is 0.328 e. The Morgan fingerprint density at radius 1 is 1.58 bits per heavy atom. The topological polar surface area (TPSA) is 50.2 Å². The highest BCUT2D eigenvalue weighted by Crippen LogP contribution is 2.29. The van der Waals surface area contributed by atoms with Crippen molar-refractivity contribution in [3.63, 3.8) is 0 Å². The number of thiophene rings is 1. The second-order valence-electron chi connectivity index (χ2n) is 3.60. The fourth-order valence-electron chi connectivity index (χ4n) is 1.35. The first-order chi connectivity index (χ1) is 9.15. The molecule has 0 unspecified atom stereocenters. The Morgan fingerprint density at radius 3 is 3.16 bits per heavy atom. The van der Waals surface area contributed by atoms with Gasteiger partial charge in [0.1, 0.15) is 5.03 Å². The van der Waals surface area contributed by atoms with Crippen LogP contribution >= 0.6 is 34.7 Å². The largest absolute Gasteiger partial charge is 0.478 e. The summed E-state index contributed by atoms with van der Waals surface area (Å²) in [4.78, 5) is 15.8. The molecule has 0 fully saturated rings. The van der Waals surface area contributed by atoms with Crippen LogP contribution in [-0.4, -0.2) is 16.1 Å². The van der Waals surface area contributed by atoms with Crippen LogP contribution in [0.2, 0.25) is 5.02 Å². The highest BCUT2D eigenvalue weighted by Gasteiger charge is 2.04. The van der Waals surface area contributed by atoms with Crippen molar-refractivity contribution in [1.82, 2.24) is 4.98 Å². The van der Waals surface area contributed by atoms with E-state index in [4.69, 9.17) is 16.7 Å². The number of thioether (sulfide) groups is 1. The average molecular weight is 312 g/mol. The van der Waals surface area contributed by atoms with Crippen LogP contribution in [0.4, 0.5) is 0 Å². The van der Waals surface area contributed by atoms with Gasteiger partial charge >= 0.3 is 5.97 Å². The lowest BCUT2D eigenvalue weighted by Crippen LogP contribution is -1.84. The molecule has 0 saturated carbocycles. The quantitative estimate of drug-likeness (QED) is 0.664. The molecule has 2 aromatic heterocycles. The van der Waals surface area contributed by atoms with Crippen molar-refractivity contribution in [2.45, 2.75) is 10.8 Å². The first-order valence-electron chi connectivity index (χ1n) is 5.37. The van der Waals surface area contributed by atoms with Gasteiger partial charge in [0.05, 0.1) is 5.02 Å². The second kappa shape index (κ2) is 6.75. The molecule has 2 rings (SSSR count). The maximum atomic E-state index is 10.4. The number of rotatable bonds is 5. The molecule has 2 aromatic rings. The molecular weight excluding hydrogens is 302 g/mol. The van der Waals surface area contributed by atoms with Crippen LogP contribution in [0.25, 0.3) is 6.08 Å². The van der Waals surface area contributed by atoms with Crippen molar-refractivity contribution in [3.05, 3.63) is 51.3 Å². The van der Waals surface area contributed by atoms with Gasteiger partial charge in [0.25, 0.3) is 0 Å². The zero-order chi connectivity index (χ0) is 13.7. The highest BCUT2D eigenvalue weighted by molar-refractivity contribution is 7.98. The second-order valence-corrected chi connectivity index (χ2v) is 5.96. The van der Waals surface area contributed by atoms with E-state index in [-0.39, 0.29) is 0 Å². The van der Waals surface area contributed by atoms with Gasteiger partial charge in [-0.15, -0.1) is 11.3 Å². The Hall–Kier alpha value is -1.30. The third-order valence-electron chi connectivity index (χ3n) is 2.17. The van der Waals surface area contributed by atoms with Crippen molar-refractivity contribution in [2.75, 3.05) is 0 Å². The molecule has 0 bridgehead atoms. The molecule has 0 radical (unpaired) electrons. The number of hydrogen-bond acceptors (Lipinski definition) is 4. The van der Waals surface area contributed by atoms with Gasteiger partial charge < -0.3 is 5.11 Å². The Balaban J connectivity index is 1.97. The molecule has 2 heterocycles. The molecule has 0 saturated heterocycles. The van der Waals surface area contributed by atoms with Gasteiger partial charge in [-0.1, -0.05) is 23.4 Å². The van der Waals surface area contributed by atoms with Gasteiger partial charge in [0.15, 0.2) is 0 Å². The molecule has 1 N–H and O–H groups in total. The van der Waals surface area contributed by atoms with E-state index < -0.39 is 5.97 Å². The van der Waals surface area contributed by atoms with E-state index >= 15 is 0 Å². The molecule has 0 atom stereocenters. The lowest BCUT2D eigenvalue weighted by atomic mass is 10.3. The van der Waals surface area contributed by atoms with Gasteiger partial charge in [-0.05, 0) is 35.2 Å². The van der Waals surface area contributed by atoms with Crippen LogP contribution in [0.3, 0.4) is 0 Å². The minimum atomic E-state index is -0.942. The van der Waals surface area contributed by atoms with E-state index in [0.29, 0.717) is 5.02 Å². The van der Waals surface area contributed by atoms with Crippen molar-refractivity contribution < 1.29 is 9.90 Å². The van der Waals surface area contributed by atoms with E-state index in [0.717, 1.165) is 27.3 Å². The maximum absolute atomic E-state index is 10.4. The number of halogens is 1. The van der Waals surface area contributed by atoms with Crippen molar-refractivity contribution >= 4 is 46.7 Å². The number of carboxylic acids is 1. The number of aliphatic carboxylic acids is 1. The monoisotopic (exact) mass is 311 g/mol. The van der Waals surface area contributed by atoms with Crippen LogP contribution in [0, 0.1) is 0 Å². The van der Waals surface area contributed by atoms with Gasteiger partial charge in [-0.25, -0.2) is 9.78 Å². The molecular formula is C13H10ClNO2S2. The molecule has 3 nitrogen and oxygen atoms in total. The summed E-state index contributed by atoms with van der Waals surface area (Å²) in [5.41, 5.74) is 0.898. The van der Waals surface area contributed by atoms with Gasteiger partial charge in [0, 0.05) is 22.9 Å². The van der Waals surface area contributed by atoms with Crippen molar-refractivity contribution in [3.8, 4) is 0 Å². The van der Waals surface area contributed by atoms with Crippen molar-refractivity contribution in [1.29, 1.82) is 0 Å². The molecule has 6 heteroatoms. The number of nitrogens with zero attached hydrogens (tertiary/aromatic N) is 1. The summed E-state index contributed by atoms with van der Waals surface area (Å²) < 4.78 is 0. The van der Waals surface area contributed by atoms with E-state index in [2.05, 4.69) is 4.98 Å². The van der Waals surface area contributed by atoms with E-state index in [1.165, 1.54) is 0 Å². The number of carbonyl (C=O) groups is 1. The Labute approximate surface area is 124 Å². The molecule has 0 aliphatic heterocycles. The first kappa shape index (κ1) is 14.1. The third kappa shape index (κ3) is 4.38. The fourth-order valence-corrected chi connectivity index (χ4v) is 3.42. The predicted octanol–water partition coefficient (Wildman–Crippen LogP) is 4.19. The predicted molar refractivity (Wildman–Crippen MR) is 79.8 cm³/mol. The fraction of sp³-hybridized carbons (Fsp3) is 0.0769. The van der Waals surface area contributed by atoms with Crippen LogP contribution in [0.5, 0.6) is 0 Å². The van der Waals surface area contributed by atoms with E-state index in [1.54, 1.807) is 41.4 Å². The number of aromatic nitrogens is 1. The Morgan fingerprint density at radius 2 is 2.42 bits per heavy atom. The molecule has 0 spiro atoms. The number of carboxylic acid groups (broad SMARTS) is 1. The summed E-state index contributed by atoms with van der Waals surface area (Å²) >= 11 is 9.18. The summed E-state index contributed by atoms with van der Waals surface area (Å²) in [7, 11) is 0. The van der Waals surface area contributed by atoms with Crippen LogP contribution in [-0.2, 0) is 10.5 Å². The van der Waals surface area contributed by atoms with Crippen molar-refractivity contribution in [2.24, 2.45) is 0 Å². The average Bonchev–Trinajstić information content (AvgIpc) is 2.83. The summed E-state index contributed by atoms with van der Waals surface area (Å²) in [6.45, 7) is 0. The zero-order valence-electron chi connectivity index (χ0n) is 9.75. The molecule has 98 valence electrons. The Bertz CT molecular complexity index is 610. The van der Waals surface area contributed by atoms with Gasteiger partial charge in [-0.2, -0.15) is 0 Å². The normalized spacial score (nSPS) is 11.0. The highest BCUT2D eigenvalue weighted by atomic mass is 35.5. The van der Waals surface area contributed by atoms with E-state index in [9.17, 15) is 4.79 Å². The van der Waals surface area contributed by atoms with Crippen LogP contribution in [0.1, 0.15) is 10.4 Å². The molecule has 0 aromatic carbocycles. The molecule has 19 heavy (non-hydrogen) atoms. The third-order valence-corrected chi connectivity index (χ3v) is 4.78. The summed E-state index contributed by atoms with van der Waals surface area (Å²) in [5.74, 6) is -0.176. The number of pyridine rings is 1. The summed E-state index contributed by atoms with van der Waals surface area (Å²) in [5, 5.41) is 11.9. The lowest BCUT2D eigenvalue weighted by molar-refractivity contribution is -0.131. The van der Waals surface area contributed by atoms with Crippen LogP contribution < -0.4 is 0 Å². The summed E-state index contributed by atoms with van der Waals surface area (Å²) in [6.07, 6.45) is 4.43. The van der Waals surface area contributed by atoms with Gasteiger partial charge in [0.2, 0.25) is 0 Å². The Kier molecular flexibility index (Phi) is 5.01. The van der Waals surface area contributed by atoms with E-state index in [1.807, 2.05) is 17.5 Å². The number of hydrogen-bond donors (Lipinski definition) is 1. The smallest absolute Gasteiger partial charge is 0.328 e.